The predicted octanol–water partition coefficient (Wildman–Crippen LogP) is 2.72. The molecule has 0 amide bonds. The van der Waals surface area contributed by atoms with Crippen LogP contribution in [0.15, 0.2) is 24.3 Å². The maximum Gasteiger partial charge on any atom is 0.103 e. The maximum atomic E-state index is 10.3. The van der Waals surface area contributed by atoms with Crippen LogP contribution in [0, 0.1) is 5.92 Å². The lowest BCUT2D eigenvalue weighted by Crippen LogP contribution is -2.33. The third-order valence-corrected chi connectivity index (χ3v) is 3.84. The minimum Gasteiger partial charge on any atom is -0.389 e. The van der Waals surface area contributed by atoms with Gasteiger partial charge in [-0.2, -0.15) is 0 Å². The molecule has 2 unspecified atom stereocenters. The van der Waals surface area contributed by atoms with Crippen molar-refractivity contribution in [2.24, 2.45) is 11.7 Å². The summed E-state index contributed by atoms with van der Waals surface area (Å²) in [5.74, 6) is 0.662. The van der Waals surface area contributed by atoms with E-state index < -0.39 is 6.10 Å². The Morgan fingerprint density at radius 1 is 1.25 bits per heavy atom. The first-order chi connectivity index (χ1) is 9.31. The highest BCUT2D eigenvalue weighted by Gasteiger charge is 2.16. The number of thiocarbonyl (C=S) groups is 1. The Labute approximate surface area is 127 Å². The second-order valence-corrected chi connectivity index (χ2v) is 6.36. The molecule has 0 saturated heterocycles. The largest absolute Gasteiger partial charge is 0.389 e. The molecule has 20 heavy (non-hydrogen) atoms. The number of nitrogens with two attached hydrogens (primary N) is 1. The van der Waals surface area contributed by atoms with Gasteiger partial charge >= 0.3 is 0 Å². The summed E-state index contributed by atoms with van der Waals surface area (Å²) in [6.07, 6.45) is 0.638. The van der Waals surface area contributed by atoms with E-state index in [-0.39, 0.29) is 0 Å². The zero-order chi connectivity index (χ0) is 15.3. The van der Waals surface area contributed by atoms with Crippen molar-refractivity contribution >= 4 is 17.2 Å². The lowest BCUT2D eigenvalue weighted by atomic mass is 10.0. The average Bonchev–Trinajstić information content (AvgIpc) is 2.37. The predicted molar refractivity (Wildman–Crippen MR) is 88.8 cm³/mol. The molecule has 3 nitrogen and oxygen atoms in total. The van der Waals surface area contributed by atoms with Crippen LogP contribution in [0.5, 0.6) is 0 Å². The van der Waals surface area contributed by atoms with Crippen molar-refractivity contribution in [1.29, 1.82) is 0 Å². The van der Waals surface area contributed by atoms with Crippen molar-refractivity contribution in [1.82, 2.24) is 4.90 Å². The van der Waals surface area contributed by atoms with Crippen molar-refractivity contribution in [2.45, 2.75) is 39.3 Å². The smallest absolute Gasteiger partial charge is 0.103 e. The van der Waals surface area contributed by atoms with Crippen LogP contribution >= 0.6 is 12.2 Å². The lowest BCUT2D eigenvalue weighted by molar-refractivity contribution is 0.102. The van der Waals surface area contributed by atoms with Crippen LogP contribution in [-0.2, 0) is 0 Å². The number of aliphatic hydroxyl groups excluding tert-OH is 1. The number of hydrogen-bond donors (Lipinski definition) is 2. The molecule has 0 aliphatic heterocycles. The zero-order valence-corrected chi connectivity index (χ0v) is 13.7. The highest BCUT2D eigenvalue weighted by Crippen LogP contribution is 2.17. The minimum atomic E-state index is -0.491. The Hall–Kier alpha value is -0.970. The van der Waals surface area contributed by atoms with Gasteiger partial charge in [-0.3, -0.25) is 0 Å². The molecule has 1 aromatic carbocycles. The molecule has 2 atom stereocenters. The van der Waals surface area contributed by atoms with E-state index in [9.17, 15) is 5.11 Å². The highest BCUT2D eigenvalue weighted by atomic mass is 32.1. The third kappa shape index (κ3) is 5.19. The summed E-state index contributed by atoms with van der Waals surface area (Å²) in [5.41, 5.74) is 7.30. The van der Waals surface area contributed by atoms with Crippen molar-refractivity contribution in [2.75, 3.05) is 13.6 Å². The van der Waals surface area contributed by atoms with E-state index in [1.165, 1.54) is 0 Å². The lowest BCUT2D eigenvalue weighted by Gasteiger charge is -2.28. The molecule has 0 bridgehead atoms. The second kappa shape index (κ2) is 7.72. The molecule has 0 heterocycles. The van der Waals surface area contributed by atoms with Gasteiger partial charge < -0.3 is 15.7 Å². The normalized spacial score (nSPS) is 14.6. The van der Waals surface area contributed by atoms with E-state index >= 15 is 0 Å². The number of nitrogens with zero attached hydrogens (tertiary/aromatic N) is 1. The second-order valence-electron chi connectivity index (χ2n) is 5.92. The van der Waals surface area contributed by atoms with Crippen LogP contribution in [0.2, 0.25) is 0 Å². The molecule has 4 heteroatoms. The SMILES string of the molecule is CC(C)CC(C)N(C)CC(O)c1ccc(C(N)=S)cc1. The molecule has 0 aliphatic carbocycles. The number of benzene rings is 1. The summed E-state index contributed by atoms with van der Waals surface area (Å²) in [6, 6.07) is 7.96. The van der Waals surface area contributed by atoms with Crippen molar-refractivity contribution < 1.29 is 5.11 Å². The van der Waals surface area contributed by atoms with Gasteiger partial charge in [0.2, 0.25) is 0 Å². The van der Waals surface area contributed by atoms with Crippen LogP contribution in [0.1, 0.15) is 44.4 Å². The Bertz CT molecular complexity index is 431. The van der Waals surface area contributed by atoms with Gasteiger partial charge in [0.1, 0.15) is 4.99 Å². The van der Waals surface area contributed by atoms with Crippen molar-refractivity contribution in [3.05, 3.63) is 35.4 Å². The van der Waals surface area contributed by atoms with Gasteiger partial charge in [-0.05, 0) is 31.9 Å². The molecule has 0 spiro atoms. The number of hydrogen-bond acceptors (Lipinski definition) is 3. The highest BCUT2D eigenvalue weighted by molar-refractivity contribution is 7.80. The molecule has 1 rings (SSSR count). The van der Waals surface area contributed by atoms with Gasteiger partial charge in [0, 0.05) is 18.2 Å². The van der Waals surface area contributed by atoms with E-state index in [2.05, 4.69) is 32.7 Å². The number of likely N-dealkylation sites (N-methyl/N-ethyl adjacent to an activating group) is 1. The maximum absolute atomic E-state index is 10.3. The summed E-state index contributed by atoms with van der Waals surface area (Å²) in [4.78, 5) is 2.58. The van der Waals surface area contributed by atoms with E-state index in [4.69, 9.17) is 18.0 Å². The van der Waals surface area contributed by atoms with E-state index in [0.717, 1.165) is 17.5 Å². The zero-order valence-electron chi connectivity index (χ0n) is 12.8. The summed E-state index contributed by atoms with van der Waals surface area (Å²) < 4.78 is 0. The molecule has 0 saturated carbocycles. The van der Waals surface area contributed by atoms with Gasteiger partial charge in [-0.1, -0.05) is 50.3 Å². The molecule has 1 aromatic rings. The number of aliphatic hydroxyl groups is 1. The fourth-order valence-corrected chi connectivity index (χ4v) is 2.43. The summed E-state index contributed by atoms with van der Waals surface area (Å²) in [7, 11) is 2.06. The van der Waals surface area contributed by atoms with Crippen LogP contribution in [0.3, 0.4) is 0 Å². The standard InChI is InChI=1S/C16H26N2OS/c1-11(2)9-12(3)18(4)10-15(19)13-5-7-14(8-6-13)16(17)20/h5-8,11-12,15,19H,9-10H2,1-4H3,(H2,17,20). The quantitative estimate of drug-likeness (QED) is 0.759. The fraction of sp³-hybridized carbons (Fsp3) is 0.562. The molecule has 0 aliphatic rings. The molecular weight excluding hydrogens is 268 g/mol. The molecule has 0 aromatic heterocycles. The van der Waals surface area contributed by atoms with E-state index in [1.54, 1.807) is 0 Å². The van der Waals surface area contributed by atoms with Gasteiger partial charge in [0.15, 0.2) is 0 Å². The average molecular weight is 294 g/mol. The van der Waals surface area contributed by atoms with Gasteiger partial charge in [-0.15, -0.1) is 0 Å². The van der Waals surface area contributed by atoms with Gasteiger partial charge in [0.25, 0.3) is 0 Å². The molecule has 0 radical (unpaired) electrons. The van der Waals surface area contributed by atoms with E-state index in [1.807, 2.05) is 24.3 Å². The first kappa shape index (κ1) is 17.1. The molecule has 0 fully saturated rings. The Kier molecular flexibility index (Phi) is 6.59. The van der Waals surface area contributed by atoms with Crippen LogP contribution < -0.4 is 5.73 Å². The summed E-state index contributed by atoms with van der Waals surface area (Å²) >= 11 is 4.92. The molecule has 3 N–H and O–H groups in total. The van der Waals surface area contributed by atoms with Crippen LogP contribution in [-0.4, -0.2) is 34.6 Å². The van der Waals surface area contributed by atoms with Gasteiger partial charge in [-0.25, -0.2) is 0 Å². The Balaban J connectivity index is 2.61. The molecular formula is C16H26N2OS. The van der Waals surface area contributed by atoms with E-state index in [0.29, 0.717) is 23.5 Å². The van der Waals surface area contributed by atoms with Crippen molar-refractivity contribution in [3.63, 3.8) is 0 Å². The Morgan fingerprint density at radius 2 is 1.80 bits per heavy atom. The molecule has 112 valence electrons. The third-order valence-electron chi connectivity index (χ3n) is 3.61. The minimum absolute atomic E-state index is 0.383. The Morgan fingerprint density at radius 3 is 2.25 bits per heavy atom. The van der Waals surface area contributed by atoms with Gasteiger partial charge in [0.05, 0.1) is 6.10 Å². The van der Waals surface area contributed by atoms with Crippen molar-refractivity contribution in [3.8, 4) is 0 Å². The first-order valence-corrected chi connectivity index (χ1v) is 7.50. The van der Waals surface area contributed by atoms with Crippen LogP contribution in [0.4, 0.5) is 0 Å². The summed E-state index contributed by atoms with van der Waals surface area (Å²) in [6.45, 7) is 7.26. The fourth-order valence-electron chi connectivity index (χ4n) is 2.29. The topological polar surface area (TPSA) is 49.5 Å². The monoisotopic (exact) mass is 294 g/mol. The summed E-state index contributed by atoms with van der Waals surface area (Å²) in [5, 5.41) is 10.3. The first-order valence-electron chi connectivity index (χ1n) is 7.09. The number of rotatable bonds is 7. The van der Waals surface area contributed by atoms with Crippen LogP contribution in [0.25, 0.3) is 0 Å².